The van der Waals surface area contributed by atoms with Crippen molar-refractivity contribution in [2.75, 3.05) is 18.1 Å². The monoisotopic (exact) mass is 635 g/mol. The third kappa shape index (κ3) is 6.26. The predicted molar refractivity (Wildman–Crippen MR) is 161 cm³/mol. The van der Waals surface area contributed by atoms with Gasteiger partial charge in [-0.25, -0.2) is 9.07 Å². The summed E-state index contributed by atoms with van der Waals surface area (Å²) in [4.78, 5) is 41.7. The number of para-hydroxylation sites is 1. The van der Waals surface area contributed by atoms with E-state index in [1.54, 1.807) is 37.3 Å². The standard InChI is InChI=1S/C33H29F4N5O4/c1-3-41-31-27(25(17-38-29(44)19(2)18-43)40-42(31)24-10-5-4-6-11-24)26(20-12-14-23(34)15-13-20)28(32(41)46)39-30(45)21-8-7-9-22(16-21)33(35,36)37/h4-16,26,28,43H,2-3,17-18H2,1H3,(H,38,44)(H,39,45)/t26-,28+/m1/s1. The molecule has 1 aliphatic rings. The van der Waals surface area contributed by atoms with Crippen molar-refractivity contribution in [1.29, 1.82) is 0 Å². The number of rotatable bonds is 9. The summed E-state index contributed by atoms with van der Waals surface area (Å²) in [5, 5.41) is 19.4. The average Bonchev–Trinajstić information content (AvgIpc) is 3.43. The lowest BCUT2D eigenvalue weighted by atomic mass is 9.80. The summed E-state index contributed by atoms with van der Waals surface area (Å²) in [5.74, 6) is -3.38. The molecule has 0 radical (unpaired) electrons. The Kier molecular flexibility index (Phi) is 9.05. The molecule has 0 fully saturated rings. The van der Waals surface area contributed by atoms with Crippen LogP contribution in [0.4, 0.5) is 23.4 Å². The van der Waals surface area contributed by atoms with Gasteiger partial charge in [0.15, 0.2) is 0 Å². The first kappa shape index (κ1) is 32.1. The van der Waals surface area contributed by atoms with Gasteiger partial charge in [0.2, 0.25) is 5.91 Å². The summed E-state index contributed by atoms with van der Waals surface area (Å²) >= 11 is 0. The van der Waals surface area contributed by atoms with E-state index < -0.39 is 53.8 Å². The van der Waals surface area contributed by atoms with Gasteiger partial charge in [0.05, 0.1) is 30.1 Å². The molecule has 9 nitrogen and oxygen atoms in total. The van der Waals surface area contributed by atoms with Crippen LogP contribution in [-0.4, -0.2) is 51.8 Å². The Morgan fingerprint density at radius 3 is 2.35 bits per heavy atom. The number of nitrogens with zero attached hydrogens (tertiary/aromatic N) is 3. The molecule has 0 spiro atoms. The first-order valence-electron chi connectivity index (χ1n) is 14.2. The maximum absolute atomic E-state index is 14.3. The second-order valence-corrected chi connectivity index (χ2v) is 10.5. The third-order valence-corrected chi connectivity index (χ3v) is 7.62. The van der Waals surface area contributed by atoms with Crippen LogP contribution in [-0.2, 0) is 22.3 Å². The van der Waals surface area contributed by atoms with Crippen LogP contribution in [0, 0.1) is 5.82 Å². The highest BCUT2D eigenvalue weighted by Gasteiger charge is 2.46. The fraction of sp³-hybridized carbons (Fsp3) is 0.212. The van der Waals surface area contributed by atoms with Gasteiger partial charge < -0.3 is 15.7 Å². The zero-order valence-electron chi connectivity index (χ0n) is 24.5. The van der Waals surface area contributed by atoms with Crippen molar-refractivity contribution < 1.29 is 37.1 Å². The number of hydrogen-bond donors (Lipinski definition) is 3. The van der Waals surface area contributed by atoms with Gasteiger partial charge in [0.25, 0.3) is 11.8 Å². The fourth-order valence-corrected chi connectivity index (χ4v) is 5.41. The van der Waals surface area contributed by atoms with E-state index >= 15 is 0 Å². The summed E-state index contributed by atoms with van der Waals surface area (Å²) in [6.45, 7) is 4.59. The number of aromatic nitrogens is 2. The third-order valence-electron chi connectivity index (χ3n) is 7.62. The Morgan fingerprint density at radius 1 is 1.02 bits per heavy atom. The second kappa shape index (κ2) is 13.0. The quantitative estimate of drug-likeness (QED) is 0.185. The zero-order chi connectivity index (χ0) is 33.2. The SMILES string of the molecule is C=C(CO)C(=O)NCc1nn(-c2ccccc2)c2c1[C@@H](c1ccc(F)cc1)[C@H](NC(=O)c1cccc(C(F)(F)F)c1)C(=O)N2CC. The number of carbonyl (C=O) groups is 3. The molecule has 238 valence electrons. The molecular formula is C33H29F4N5O4. The number of alkyl halides is 3. The van der Waals surface area contributed by atoms with E-state index in [0.717, 1.165) is 12.1 Å². The predicted octanol–water partition coefficient (Wildman–Crippen LogP) is 4.49. The van der Waals surface area contributed by atoms with Gasteiger partial charge in [-0.2, -0.15) is 18.3 Å². The fourth-order valence-electron chi connectivity index (χ4n) is 5.41. The van der Waals surface area contributed by atoms with Gasteiger partial charge in [0, 0.05) is 29.2 Å². The van der Waals surface area contributed by atoms with Crippen molar-refractivity contribution in [3.8, 4) is 5.69 Å². The topological polar surface area (TPSA) is 117 Å². The number of aliphatic hydroxyl groups excluding tert-OH is 1. The molecule has 2 atom stereocenters. The molecule has 1 aliphatic heterocycles. The lowest BCUT2D eigenvalue weighted by Crippen LogP contribution is -2.55. The molecule has 3 amide bonds. The molecule has 5 rings (SSSR count). The van der Waals surface area contributed by atoms with Crippen molar-refractivity contribution in [2.24, 2.45) is 0 Å². The van der Waals surface area contributed by atoms with Crippen LogP contribution in [0.15, 0.2) is 91.0 Å². The minimum atomic E-state index is -4.70. The molecule has 3 aromatic carbocycles. The Balaban J connectivity index is 1.69. The zero-order valence-corrected chi connectivity index (χ0v) is 24.5. The molecule has 3 N–H and O–H groups in total. The van der Waals surface area contributed by atoms with Crippen molar-refractivity contribution >= 4 is 23.5 Å². The van der Waals surface area contributed by atoms with Gasteiger partial charge in [-0.05, 0) is 55.0 Å². The van der Waals surface area contributed by atoms with E-state index in [1.807, 2.05) is 0 Å². The molecule has 4 aromatic rings. The maximum atomic E-state index is 14.3. The van der Waals surface area contributed by atoms with E-state index in [4.69, 9.17) is 5.10 Å². The molecule has 0 saturated carbocycles. The number of aliphatic hydroxyl groups is 1. The van der Waals surface area contributed by atoms with Gasteiger partial charge in [-0.3, -0.25) is 19.3 Å². The minimum Gasteiger partial charge on any atom is -0.391 e. The van der Waals surface area contributed by atoms with E-state index in [-0.39, 0.29) is 29.9 Å². The number of nitrogens with one attached hydrogen (secondary N) is 2. The van der Waals surface area contributed by atoms with Crippen LogP contribution < -0.4 is 15.5 Å². The Hall–Kier alpha value is -5.30. The minimum absolute atomic E-state index is 0.0944. The molecule has 0 aliphatic carbocycles. The number of hydrogen-bond acceptors (Lipinski definition) is 5. The Morgan fingerprint density at radius 2 is 1.72 bits per heavy atom. The smallest absolute Gasteiger partial charge is 0.391 e. The van der Waals surface area contributed by atoms with Crippen LogP contribution in [0.25, 0.3) is 5.69 Å². The summed E-state index contributed by atoms with van der Waals surface area (Å²) in [7, 11) is 0. The summed E-state index contributed by atoms with van der Waals surface area (Å²) in [6, 6.07) is 16.6. The number of amides is 3. The Bertz CT molecular complexity index is 1790. The average molecular weight is 636 g/mol. The molecule has 2 heterocycles. The van der Waals surface area contributed by atoms with Crippen molar-refractivity contribution in [3.63, 3.8) is 0 Å². The van der Waals surface area contributed by atoms with E-state index in [9.17, 15) is 37.1 Å². The van der Waals surface area contributed by atoms with E-state index in [0.29, 0.717) is 28.7 Å². The van der Waals surface area contributed by atoms with Crippen molar-refractivity contribution in [1.82, 2.24) is 20.4 Å². The van der Waals surface area contributed by atoms with Crippen molar-refractivity contribution in [2.45, 2.75) is 31.6 Å². The molecule has 0 unspecified atom stereocenters. The normalized spacial score (nSPS) is 16.1. The molecule has 0 saturated heterocycles. The number of carbonyl (C=O) groups excluding carboxylic acids is 3. The van der Waals surface area contributed by atoms with Crippen LogP contribution in [0.2, 0.25) is 0 Å². The number of likely N-dealkylation sites (N-methyl/N-ethyl adjacent to an activating group) is 1. The molecule has 13 heteroatoms. The highest BCUT2D eigenvalue weighted by Crippen LogP contribution is 2.43. The highest BCUT2D eigenvalue weighted by molar-refractivity contribution is 6.05. The first-order valence-corrected chi connectivity index (χ1v) is 14.2. The molecular weight excluding hydrogens is 606 g/mol. The number of benzene rings is 3. The van der Waals surface area contributed by atoms with Crippen LogP contribution in [0.3, 0.4) is 0 Å². The lowest BCUT2D eigenvalue weighted by molar-refractivity contribution is -0.137. The number of halogens is 4. The first-order chi connectivity index (χ1) is 21.9. The lowest BCUT2D eigenvalue weighted by Gasteiger charge is -2.38. The largest absolute Gasteiger partial charge is 0.416 e. The molecule has 1 aromatic heterocycles. The molecule has 46 heavy (non-hydrogen) atoms. The summed E-state index contributed by atoms with van der Waals surface area (Å²) < 4.78 is 55.9. The van der Waals surface area contributed by atoms with Gasteiger partial charge in [-0.15, -0.1) is 0 Å². The van der Waals surface area contributed by atoms with Crippen LogP contribution >= 0.6 is 0 Å². The highest BCUT2D eigenvalue weighted by atomic mass is 19.4. The Labute approximate surface area is 261 Å². The summed E-state index contributed by atoms with van der Waals surface area (Å²) in [5.41, 5.74) is 0.243. The van der Waals surface area contributed by atoms with Crippen molar-refractivity contribution in [3.05, 3.63) is 125 Å². The number of anilines is 1. The molecule has 0 bridgehead atoms. The van der Waals surface area contributed by atoms with E-state index in [1.165, 1.54) is 39.9 Å². The second-order valence-electron chi connectivity index (χ2n) is 10.5. The van der Waals surface area contributed by atoms with Crippen LogP contribution in [0.1, 0.15) is 45.6 Å². The summed E-state index contributed by atoms with van der Waals surface area (Å²) in [6.07, 6.45) is -4.70. The number of fused-ring (bicyclic) bond motifs is 1. The van der Waals surface area contributed by atoms with Gasteiger partial charge in [0.1, 0.15) is 17.7 Å². The maximum Gasteiger partial charge on any atom is 0.416 e. The van der Waals surface area contributed by atoms with Crippen LogP contribution in [0.5, 0.6) is 0 Å². The van der Waals surface area contributed by atoms with Gasteiger partial charge in [-0.1, -0.05) is 43.0 Å². The van der Waals surface area contributed by atoms with E-state index in [2.05, 4.69) is 17.2 Å². The van der Waals surface area contributed by atoms with Gasteiger partial charge >= 0.3 is 6.18 Å².